The average Bonchev–Trinajstić information content (AvgIpc) is 3.68. The number of aliphatic hydroxyl groups excluding tert-OH is 2. The maximum atomic E-state index is 12.8. The molecule has 3 aromatic heterocycles. The van der Waals surface area contributed by atoms with E-state index >= 15 is 0 Å². The lowest BCUT2D eigenvalue weighted by Gasteiger charge is -2.21. The third-order valence-corrected chi connectivity index (χ3v) is 8.27. The van der Waals surface area contributed by atoms with Crippen molar-refractivity contribution in [2.24, 2.45) is 5.73 Å². The first-order valence-corrected chi connectivity index (χ1v) is 15.4. The first-order chi connectivity index (χ1) is 20.7. The number of phosphoric acid groups is 1. The third kappa shape index (κ3) is 7.36. The van der Waals surface area contributed by atoms with Crippen LogP contribution in [0.1, 0.15) is 44.6 Å². The number of hydrogen-bond donors (Lipinski definition) is 6. The number of imidazole rings is 1. The molecule has 2 aliphatic rings. The van der Waals surface area contributed by atoms with Crippen LogP contribution in [0.2, 0.25) is 0 Å². The quantitative estimate of drug-likeness (QED) is 0.0987. The van der Waals surface area contributed by atoms with Gasteiger partial charge in [-0.05, 0) is 25.5 Å². The van der Waals surface area contributed by atoms with Crippen LogP contribution < -0.4 is 22.5 Å². The van der Waals surface area contributed by atoms with Gasteiger partial charge >= 0.3 is 13.5 Å². The van der Waals surface area contributed by atoms with Gasteiger partial charge in [0.25, 0.3) is 0 Å². The zero-order valence-corrected chi connectivity index (χ0v) is 24.1. The highest BCUT2D eigenvalue weighted by Crippen LogP contribution is 2.49. The Hall–Kier alpha value is -3.06. The lowest BCUT2D eigenvalue weighted by molar-refractivity contribution is -0.0564. The van der Waals surface area contributed by atoms with Crippen LogP contribution in [-0.4, -0.2) is 94.9 Å². The van der Waals surface area contributed by atoms with Crippen LogP contribution in [0, 0.1) is 0 Å². The number of aromatic nitrogens is 6. The molecule has 0 saturated carbocycles. The van der Waals surface area contributed by atoms with E-state index in [1.807, 2.05) is 0 Å². The second-order valence-corrected chi connectivity index (χ2v) is 11.7. The van der Waals surface area contributed by atoms with Crippen molar-refractivity contribution in [3.05, 3.63) is 35.4 Å². The molecule has 0 aromatic carbocycles. The Morgan fingerprint density at radius 2 is 1.91 bits per heavy atom. The van der Waals surface area contributed by atoms with Crippen molar-refractivity contribution in [2.45, 2.75) is 69.0 Å². The van der Waals surface area contributed by atoms with Gasteiger partial charge < -0.3 is 41.4 Å². The topological polar surface area (TPSA) is 257 Å². The number of hydrogen-bond acceptors (Lipinski definition) is 15. The number of anilines is 2. The van der Waals surface area contributed by atoms with Gasteiger partial charge in [-0.15, -0.1) is 0 Å². The number of fused-ring (bicyclic) bond motifs is 1. The molecule has 1 unspecified atom stereocenters. The fourth-order valence-electron chi connectivity index (χ4n) is 5.02. The number of nitrogens with zero attached hydrogens (tertiary/aromatic N) is 6. The minimum absolute atomic E-state index is 0.0318. The molecule has 8 N–H and O–H groups in total. The second-order valence-electron chi connectivity index (χ2n) is 10.2. The van der Waals surface area contributed by atoms with Gasteiger partial charge in [0.05, 0.1) is 25.6 Å². The molecule has 5 heterocycles. The molecule has 0 spiro atoms. The van der Waals surface area contributed by atoms with Crippen molar-refractivity contribution < 1.29 is 38.2 Å². The Labute approximate surface area is 245 Å². The molecule has 0 radical (unpaired) electrons. The van der Waals surface area contributed by atoms with E-state index < -0.39 is 63.6 Å². The molecule has 0 bridgehead atoms. The van der Waals surface area contributed by atoms with Crippen molar-refractivity contribution >= 4 is 30.6 Å². The van der Waals surface area contributed by atoms with Crippen LogP contribution >= 0.6 is 7.82 Å². The smallest absolute Gasteiger partial charge is 0.394 e. The number of unbranched alkanes of at least 4 members (excludes halogenated alkanes) is 2. The summed E-state index contributed by atoms with van der Waals surface area (Å²) >= 11 is 0. The maximum absolute atomic E-state index is 12.8. The fraction of sp³-hybridized carbons (Fsp3) is 0.625. The van der Waals surface area contributed by atoms with Gasteiger partial charge in [0.1, 0.15) is 48.4 Å². The van der Waals surface area contributed by atoms with Crippen molar-refractivity contribution in [1.29, 1.82) is 0 Å². The van der Waals surface area contributed by atoms with Crippen LogP contribution in [0.5, 0.6) is 0 Å². The lowest BCUT2D eigenvalue weighted by atomic mass is 10.2. The minimum atomic E-state index is -4.71. The van der Waals surface area contributed by atoms with Crippen LogP contribution in [0.25, 0.3) is 11.2 Å². The largest absolute Gasteiger partial charge is 0.472 e. The lowest BCUT2D eigenvalue weighted by Crippen LogP contribution is -2.29. The first-order valence-electron chi connectivity index (χ1n) is 13.9. The number of rotatable bonds is 14. The van der Waals surface area contributed by atoms with Gasteiger partial charge in [0.2, 0.25) is 0 Å². The molecule has 236 valence electrons. The molecule has 43 heavy (non-hydrogen) atoms. The predicted octanol–water partition coefficient (Wildman–Crippen LogP) is -0.363. The van der Waals surface area contributed by atoms with E-state index in [9.17, 15) is 24.5 Å². The standard InChI is InChI=1S/C24H36N9O9P/c25-5-2-1-3-6-27-18-4-7-32(24(36)31-18)20-9-15(16(10-34)40-20)42-43(37,38)39-11-17-14(35)8-19(41-17)33-13-30-21-22(26)28-12-29-23(21)33/h4,7,12-17,19-20,34-35H,1-3,5-6,8-11,25H2,(H,37,38)(H2,26,28,29)(H,27,31,36)/t14-,15-,16+,17+,19+,20+/m0/s1. The summed E-state index contributed by atoms with van der Waals surface area (Å²) < 4.78 is 37.7. The molecule has 19 heteroatoms. The molecule has 3 aromatic rings. The number of nitrogen functional groups attached to an aromatic ring is 1. The molecule has 0 amide bonds. The Bertz CT molecular complexity index is 1490. The number of phosphoric ester groups is 1. The molecular formula is C24H36N9O9P. The highest BCUT2D eigenvalue weighted by atomic mass is 31.2. The Balaban J connectivity index is 1.15. The van der Waals surface area contributed by atoms with Crippen molar-refractivity contribution in [3.8, 4) is 0 Å². The third-order valence-electron chi connectivity index (χ3n) is 7.26. The fourth-order valence-corrected chi connectivity index (χ4v) is 5.99. The number of nitrogens with two attached hydrogens (primary N) is 2. The summed E-state index contributed by atoms with van der Waals surface area (Å²) in [7, 11) is -4.71. The summed E-state index contributed by atoms with van der Waals surface area (Å²) in [6.45, 7) is 0.257. The highest BCUT2D eigenvalue weighted by Gasteiger charge is 2.43. The normalized spacial score (nSPS) is 27.1. The van der Waals surface area contributed by atoms with Crippen LogP contribution in [0.3, 0.4) is 0 Å². The van der Waals surface area contributed by atoms with E-state index in [0.717, 1.165) is 19.3 Å². The van der Waals surface area contributed by atoms with E-state index in [2.05, 4.69) is 25.3 Å². The number of ether oxygens (including phenoxy) is 2. The molecule has 5 rings (SSSR count). The van der Waals surface area contributed by atoms with Gasteiger partial charge in [-0.25, -0.2) is 24.3 Å². The minimum Gasteiger partial charge on any atom is -0.394 e. The van der Waals surface area contributed by atoms with Gasteiger partial charge in [-0.3, -0.25) is 18.2 Å². The maximum Gasteiger partial charge on any atom is 0.472 e. The van der Waals surface area contributed by atoms with Crippen molar-refractivity contribution in [3.63, 3.8) is 0 Å². The van der Waals surface area contributed by atoms with Gasteiger partial charge in [-0.2, -0.15) is 4.98 Å². The summed E-state index contributed by atoms with van der Waals surface area (Å²) in [6, 6.07) is 1.62. The Kier molecular flexibility index (Phi) is 10.0. The van der Waals surface area contributed by atoms with E-state index in [-0.39, 0.29) is 18.7 Å². The summed E-state index contributed by atoms with van der Waals surface area (Å²) in [4.78, 5) is 39.3. The highest BCUT2D eigenvalue weighted by molar-refractivity contribution is 7.47. The number of aliphatic hydroxyl groups is 2. The summed E-state index contributed by atoms with van der Waals surface area (Å²) in [5.74, 6) is 0.601. The van der Waals surface area contributed by atoms with Crippen molar-refractivity contribution in [1.82, 2.24) is 29.1 Å². The molecule has 2 saturated heterocycles. The number of nitrogens with one attached hydrogen (secondary N) is 1. The monoisotopic (exact) mass is 625 g/mol. The zero-order valence-electron chi connectivity index (χ0n) is 23.2. The average molecular weight is 626 g/mol. The molecular weight excluding hydrogens is 589 g/mol. The van der Waals surface area contributed by atoms with Crippen LogP contribution in [-0.2, 0) is 23.1 Å². The van der Waals surface area contributed by atoms with E-state index in [4.69, 9.17) is 30.0 Å². The predicted molar refractivity (Wildman–Crippen MR) is 150 cm³/mol. The van der Waals surface area contributed by atoms with Gasteiger partial charge in [0, 0.05) is 25.6 Å². The van der Waals surface area contributed by atoms with Crippen LogP contribution in [0.4, 0.5) is 11.6 Å². The Morgan fingerprint density at radius 1 is 1.12 bits per heavy atom. The second kappa shape index (κ2) is 13.7. The first kappa shape index (κ1) is 31.4. The Morgan fingerprint density at radius 3 is 2.67 bits per heavy atom. The molecule has 0 aliphatic carbocycles. The van der Waals surface area contributed by atoms with E-state index in [1.54, 1.807) is 10.6 Å². The van der Waals surface area contributed by atoms with Gasteiger partial charge in [0.15, 0.2) is 11.5 Å². The summed E-state index contributed by atoms with van der Waals surface area (Å²) in [5, 5.41) is 23.4. The van der Waals surface area contributed by atoms with Gasteiger partial charge in [-0.1, -0.05) is 6.42 Å². The van der Waals surface area contributed by atoms with E-state index in [1.165, 1.54) is 23.4 Å². The summed E-state index contributed by atoms with van der Waals surface area (Å²) in [6.07, 6.45) is 1.42. The molecule has 2 fully saturated rings. The summed E-state index contributed by atoms with van der Waals surface area (Å²) in [5.41, 5.74) is 11.5. The molecule has 7 atom stereocenters. The van der Waals surface area contributed by atoms with Crippen LogP contribution in [0.15, 0.2) is 29.7 Å². The zero-order chi connectivity index (χ0) is 30.6. The van der Waals surface area contributed by atoms with Crippen molar-refractivity contribution in [2.75, 3.05) is 37.4 Å². The molecule has 2 aliphatic heterocycles. The molecule has 18 nitrogen and oxygen atoms in total. The SMILES string of the molecule is NCCCCCNc1ccn([C@H]2C[C@H](OP(=O)(O)OC[C@H]3O[C@@H](n4cnc5c(N)ncnc54)C[C@@H]3O)[C@@H](CO)O2)c(=O)n1. The van der Waals surface area contributed by atoms with E-state index in [0.29, 0.717) is 30.1 Å².